The molecule has 1 fully saturated rings. The fourth-order valence-electron chi connectivity index (χ4n) is 2.33. The summed E-state index contributed by atoms with van der Waals surface area (Å²) in [5.74, 6) is 0.762. The van der Waals surface area contributed by atoms with Crippen LogP contribution in [-0.4, -0.2) is 25.9 Å². The number of nitrogens with zero attached hydrogens (tertiary/aromatic N) is 5. The third kappa shape index (κ3) is 1.69. The van der Waals surface area contributed by atoms with E-state index in [-0.39, 0.29) is 6.04 Å². The summed E-state index contributed by atoms with van der Waals surface area (Å²) in [5, 5.41) is 4.95. The van der Waals surface area contributed by atoms with Crippen LogP contribution in [-0.2, 0) is 0 Å². The van der Waals surface area contributed by atoms with Gasteiger partial charge < -0.3 is 0 Å². The molecule has 3 rings (SSSR count). The molecule has 0 bridgehead atoms. The summed E-state index contributed by atoms with van der Waals surface area (Å²) in [5.41, 5.74) is 0.715. The zero-order chi connectivity index (χ0) is 12.7. The molecule has 0 unspecified atom stereocenters. The Hall–Kier alpha value is -1.21. The average molecular weight is 331 g/mol. The molecule has 8 heteroatoms. The monoisotopic (exact) mass is 329 g/mol. The van der Waals surface area contributed by atoms with Gasteiger partial charge in [0.2, 0.25) is 0 Å². The van der Waals surface area contributed by atoms with Crippen molar-refractivity contribution < 1.29 is 0 Å². The molecule has 0 aromatic carbocycles. The number of imidazole rings is 1. The molecule has 94 valence electrons. The van der Waals surface area contributed by atoms with E-state index < -0.39 is 0 Å². The van der Waals surface area contributed by atoms with Gasteiger partial charge in [0.25, 0.3) is 0 Å². The van der Waals surface area contributed by atoms with E-state index in [0.717, 1.165) is 18.7 Å². The van der Waals surface area contributed by atoms with Gasteiger partial charge in [0.1, 0.15) is 22.0 Å². The lowest BCUT2D eigenvalue weighted by Crippen LogP contribution is -2.18. The van der Waals surface area contributed by atoms with Crippen LogP contribution in [0, 0.1) is 4.91 Å². The van der Waals surface area contributed by atoms with Crippen LogP contribution in [0.4, 0.5) is 0 Å². The van der Waals surface area contributed by atoms with E-state index >= 15 is 0 Å². The molecule has 6 nitrogen and oxygen atoms in total. The molecule has 0 saturated carbocycles. The van der Waals surface area contributed by atoms with E-state index in [1.165, 1.54) is 5.01 Å². The minimum absolute atomic E-state index is 0.0974. The van der Waals surface area contributed by atoms with Gasteiger partial charge in [-0.15, -0.1) is 4.91 Å². The van der Waals surface area contributed by atoms with Crippen molar-refractivity contribution in [1.82, 2.24) is 19.4 Å². The van der Waals surface area contributed by atoms with Crippen molar-refractivity contribution in [3.05, 3.63) is 32.9 Å². The molecule has 1 aliphatic rings. The number of fused-ring (bicyclic) bond motifs is 1. The molecule has 0 aliphatic carbocycles. The normalized spacial score (nSPS) is 19.7. The highest BCUT2D eigenvalue weighted by Gasteiger charge is 2.30. The lowest BCUT2D eigenvalue weighted by Gasteiger charge is -2.16. The van der Waals surface area contributed by atoms with Crippen LogP contribution >= 0.6 is 27.5 Å². The molecule has 1 saturated heterocycles. The molecule has 1 atom stereocenters. The summed E-state index contributed by atoms with van der Waals surface area (Å²) in [7, 11) is 0. The summed E-state index contributed by atoms with van der Waals surface area (Å²) in [6.07, 6.45) is 5.19. The minimum Gasteiger partial charge on any atom is -0.297 e. The predicted octanol–water partition coefficient (Wildman–Crippen LogP) is 2.96. The summed E-state index contributed by atoms with van der Waals surface area (Å²) in [6, 6.07) is -0.0974. The largest absolute Gasteiger partial charge is 0.297 e. The van der Waals surface area contributed by atoms with E-state index in [9.17, 15) is 4.91 Å². The average Bonchev–Trinajstić information content (AvgIpc) is 2.94. The summed E-state index contributed by atoms with van der Waals surface area (Å²) in [4.78, 5) is 19.3. The number of nitroso groups, excluding NO2 is 1. The van der Waals surface area contributed by atoms with Gasteiger partial charge in [0.05, 0.1) is 5.29 Å². The molecule has 0 spiro atoms. The second-order valence-electron chi connectivity index (χ2n) is 4.10. The number of aromatic nitrogens is 3. The SMILES string of the molecule is O=NN1CCC[C@H]1c1nc(Br)c2c(Cl)nccn12. The van der Waals surface area contributed by atoms with Gasteiger partial charge >= 0.3 is 0 Å². The van der Waals surface area contributed by atoms with Gasteiger partial charge in [-0.3, -0.25) is 9.41 Å². The summed E-state index contributed by atoms with van der Waals surface area (Å²) >= 11 is 9.43. The first kappa shape index (κ1) is 11.9. The van der Waals surface area contributed by atoms with E-state index in [0.29, 0.717) is 21.8 Å². The van der Waals surface area contributed by atoms with Crippen molar-refractivity contribution in [3.63, 3.8) is 0 Å². The first-order valence-corrected chi connectivity index (χ1v) is 6.67. The molecular formula is C10H9BrClN5O. The van der Waals surface area contributed by atoms with Crippen LogP contribution in [0.3, 0.4) is 0 Å². The lowest BCUT2D eigenvalue weighted by atomic mass is 10.2. The summed E-state index contributed by atoms with van der Waals surface area (Å²) in [6.45, 7) is 0.666. The number of rotatable bonds is 2. The molecule has 0 amide bonds. The van der Waals surface area contributed by atoms with Gasteiger partial charge in [-0.05, 0) is 28.8 Å². The Morgan fingerprint density at radius 1 is 1.56 bits per heavy atom. The van der Waals surface area contributed by atoms with Gasteiger partial charge in [-0.25, -0.2) is 9.97 Å². The Balaban J connectivity index is 2.18. The second kappa shape index (κ2) is 4.47. The van der Waals surface area contributed by atoms with Crippen LogP contribution in [0.25, 0.3) is 5.52 Å². The van der Waals surface area contributed by atoms with Crippen molar-refractivity contribution in [2.24, 2.45) is 5.29 Å². The van der Waals surface area contributed by atoms with Gasteiger partial charge in [-0.1, -0.05) is 11.6 Å². The maximum Gasteiger partial charge on any atom is 0.155 e. The molecule has 0 radical (unpaired) electrons. The predicted molar refractivity (Wildman–Crippen MR) is 70.2 cm³/mol. The molecule has 2 aromatic heterocycles. The number of hydrogen-bond donors (Lipinski definition) is 0. The van der Waals surface area contributed by atoms with E-state index in [4.69, 9.17) is 11.6 Å². The second-order valence-corrected chi connectivity index (χ2v) is 5.21. The van der Waals surface area contributed by atoms with Crippen molar-refractivity contribution in [1.29, 1.82) is 0 Å². The Morgan fingerprint density at radius 3 is 3.17 bits per heavy atom. The maximum atomic E-state index is 10.8. The van der Waals surface area contributed by atoms with E-state index in [1.54, 1.807) is 12.4 Å². The first-order chi connectivity index (χ1) is 8.72. The lowest BCUT2D eigenvalue weighted by molar-refractivity contribution is 0.256. The third-order valence-corrected chi connectivity index (χ3v) is 3.95. The molecule has 1 aliphatic heterocycles. The van der Waals surface area contributed by atoms with E-state index in [1.807, 2.05) is 4.40 Å². The molecule has 0 N–H and O–H groups in total. The smallest absolute Gasteiger partial charge is 0.155 e. The molecule has 3 heterocycles. The highest BCUT2D eigenvalue weighted by Crippen LogP contribution is 2.34. The van der Waals surface area contributed by atoms with Gasteiger partial charge in [-0.2, -0.15) is 0 Å². The van der Waals surface area contributed by atoms with Crippen LogP contribution in [0.2, 0.25) is 5.15 Å². The van der Waals surface area contributed by atoms with Crippen LogP contribution < -0.4 is 0 Å². The summed E-state index contributed by atoms with van der Waals surface area (Å²) < 4.78 is 2.49. The van der Waals surface area contributed by atoms with Crippen molar-refractivity contribution >= 4 is 33.0 Å². The molecule has 18 heavy (non-hydrogen) atoms. The third-order valence-electron chi connectivity index (χ3n) is 3.12. The molecular weight excluding hydrogens is 322 g/mol. The highest BCUT2D eigenvalue weighted by atomic mass is 79.9. The standard InChI is InChI=1S/C10H9BrClN5O/c11-8-7-9(12)13-3-5-16(7)10(14-8)6-2-1-4-17(6)15-18/h3,5-6H,1-2,4H2/t6-/m0/s1. The number of halogens is 2. The van der Waals surface area contributed by atoms with Crippen molar-refractivity contribution in [2.75, 3.05) is 6.54 Å². The Labute approximate surface area is 116 Å². The molecule has 2 aromatic rings. The van der Waals surface area contributed by atoms with Crippen LogP contribution in [0.15, 0.2) is 22.3 Å². The van der Waals surface area contributed by atoms with Crippen molar-refractivity contribution in [3.8, 4) is 0 Å². The van der Waals surface area contributed by atoms with Gasteiger partial charge in [0, 0.05) is 18.9 Å². The number of hydrogen-bond acceptors (Lipinski definition) is 4. The van der Waals surface area contributed by atoms with Crippen LogP contribution in [0.5, 0.6) is 0 Å². The zero-order valence-corrected chi connectivity index (χ0v) is 11.6. The Morgan fingerprint density at radius 2 is 2.39 bits per heavy atom. The minimum atomic E-state index is -0.0974. The fraction of sp³-hybridized carbons (Fsp3) is 0.400. The van der Waals surface area contributed by atoms with Crippen LogP contribution in [0.1, 0.15) is 24.7 Å². The van der Waals surface area contributed by atoms with Crippen molar-refractivity contribution in [2.45, 2.75) is 18.9 Å². The maximum absolute atomic E-state index is 10.8. The topological polar surface area (TPSA) is 62.9 Å². The highest BCUT2D eigenvalue weighted by molar-refractivity contribution is 9.10. The first-order valence-electron chi connectivity index (χ1n) is 5.50. The van der Waals surface area contributed by atoms with Gasteiger partial charge in [0.15, 0.2) is 5.15 Å². The fourth-order valence-corrected chi connectivity index (χ4v) is 3.24. The van der Waals surface area contributed by atoms with E-state index in [2.05, 4.69) is 31.2 Å². The quantitative estimate of drug-likeness (QED) is 0.794. The Bertz CT molecular complexity index is 616. The Kier molecular flexibility index (Phi) is 2.95. The zero-order valence-electron chi connectivity index (χ0n) is 9.25.